The molecule has 3 aromatic rings. The summed E-state index contributed by atoms with van der Waals surface area (Å²) in [5, 5.41) is 4.01. The quantitative estimate of drug-likeness (QED) is 0.425. The molecular formula is C31H40N4O5S. The third-order valence-corrected chi connectivity index (χ3v) is 9.24. The number of carbonyl (C=O) groups excluding carboxylic acids is 1. The van der Waals surface area contributed by atoms with Crippen molar-refractivity contribution in [3.8, 4) is 17.0 Å². The first kappa shape index (κ1) is 29.3. The zero-order valence-electron chi connectivity index (χ0n) is 24.7. The molecule has 2 aliphatic rings. The topological polar surface area (TPSA) is 103 Å². The van der Waals surface area contributed by atoms with Gasteiger partial charge in [-0.1, -0.05) is 52.0 Å². The van der Waals surface area contributed by atoms with Crippen LogP contribution < -0.4 is 9.46 Å². The van der Waals surface area contributed by atoms with Crippen molar-refractivity contribution >= 4 is 15.9 Å². The average molecular weight is 581 g/mol. The summed E-state index contributed by atoms with van der Waals surface area (Å²) >= 11 is 0. The maximum absolute atomic E-state index is 13.3. The van der Waals surface area contributed by atoms with Crippen LogP contribution in [0.4, 0.5) is 0 Å². The van der Waals surface area contributed by atoms with Crippen molar-refractivity contribution in [3.63, 3.8) is 0 Å². The molecule has 1 N–H and O–H groups in total. The second-order valence-electron chi connectivity index (χ2n) is 11.9. The predicted octanol–water partition coefficient (Wildman–Crippen LogP) is 4.24. The summed E-state index contributed by atoms with van der Waals surface area (Å²) in [5.41, 5.74) is 7.67. The fraction of sp³-hybridized carbons (Fsp3) is 0.484. The highest BCUT2D eigenvalue weighted by Gasteiger charge is 2.29. The van der Waals surface area contributed by atoms with E-state index in [0.717, 1.165) is 40.8 Å². The summed E-state index contributed by atoms with van der Waals surface area (Å²) in [6, 6.07) is 12.3. The Morgan fingerprint density at radius 2 is 1.76 bits per heavy atom. The number of nitrogens with one attached hydrogen (secondary N) is 1. The van der Waals surface area contributed by atoms with E-state index in [1.165, 1.54) is 21.9 Å². The van der Waals surface area contributed by atoms with Gasteiger partial charge in [0.25, 0.3) is 10.0 Å². The number of hydrogen-bond acceptors (Lipinski definition) is 7. The number of nitrogens with zero attached hydrogens (tertiary/aromatic N) is 3. The fourth-order valence-electron chi connectivity index (χ4n) is 5.57. The Morgan fingerprint density at radius 3 is 2.41 bits per heavy atom. The molecule has 0 saturated heterocycles. The summed E-state index contributed by atoms with van der Waals surface area (Å²) in [4.78, 5) is 15.3. The molecule has 220 valence electrons. The molecule has 0 radical (unpaired) electrons. The van der Waals surface area contributed by atoms with E-state index in [1.807, 2.05) is 19.0 Å². The van der Waals surface area contributed by atoms with Gasteiger partial charge in [-0.05, 0) is 77.4 Å². The molecule has 41 heavy (non-hydrogen) atoms. The maximum atomic E-state index is 13.3. The first-order valence-corrected chi connectivity index (χ1v) is 15.7. The molecule has 1 amide bonds. The van der Waals surface area contributed by atoms with E-state index < -0.39 is 15.9 Å². The number of likely N-dealkylation sites (N-methyl/N-ethyl adjacent to an activating group) is 1. The second-order valence-corrected chi connectivity index (χ2v) is 13.5. The maximum Gasteiger partial charge on any atom is 0.283 e. The highest BCUT2D eigenvalue weighted by Crippen LogP contribution is 2.35. The number of rotatable bonds is 8. The van der Waals surface area contributed by atoms with Crippen molar-refractivity contribution in [3.05, 3.63) is 64.2 Å². The third-order valence-electron chi connectivity index (χ3n) is 7.99. The van der Waals surface area contributed by atoms with Crippen LogP contribution in [0.5, 0.6) is 5.88 Å². The molecule has 1 aromatic heterocycles. The molecule has 0 saturated carbocycles. The smallest absolute Gasteiger partial charge is 0.283 e. The van der Waals surface area contributed by atoms with Gasteiger partial charge in [0.2, 0.25) is 16.8 Å². The van der Waals surface area contributed by atoms with Crippen LogP contribution in [-0.4, -0.2) is 62.4 Å². The van der Waals surface area contributed by atoms with Crippen molar-refractivity contribution in [1.29, 1.82) is 0 Å². The minimum atomic E-state index is -4.17. The standard InChI is InChI=1S/C31H40N4O5S/c1-19(2)26-12-23(22-8-7-21-9-10-39-17-24(21)11-22)13-27(20(3)4)28(26)14-29(36)33-41(37,38)30-15-31-35(32-30)16-25(18-40-31)34(5)6/h7-8,11-13,15,19-20,25H,9-10,14,16-18H2,1-6H3,(H,33,36)/t25-/m0/s1. The predicted molar refractivity (Wildman–Crippen MR) is 158 cm³/mol. The van der Waals surface area contributed by atoms with E-state index in [9.17, 15) is 13.2 Å². The Morgan fingerprint density at radius 1 is 1.05 bits per heavy atom. The molecule has 0 fully saturated rings. The first-order chi connectivity index (χ1) is 19.4. The number of carbonyl (C=O) groups is 1. The van der Waals surface area contributed by atoms with Gasteiger partial charge in [-0.15, -0.1) is 0 Å². The monoisotopic (exact) mass is 580 g/mol. The zero-order chi connectivity index (χ0) is 29.5. The molecular weight excluding hydrogens is 540 g/mol. The lowest BCUT2D eigenvalue weighted by Gasteiger charge is -2.28. The SMILES string of the molecule is CC(C)c1cc(-c2ccc3c(c2)COCC3)cc(C(C)C)c1CC(=O)NS(=O)(=O)c1cc2n(n1)C[C@H](N(C)C)CO2. The van der Waals surface area contributed by atoms with Gasteiger partial charge >= 0.3 is 0 Å². The average Bonchev–Trinajstić information content (AvgIpc) is 3.37. The fourth-order valence-corrected chi connectivity index (χ4v) is 6.51. The zero-order valence-corrected chi connectivity index (χ0v) is 25.5. The molecule has 5 rings (SSSR count). The van der Waals surface area contributed by atoms with Crippen molar-refractivity contribution in [2.24, 2.45) is 0 Å². The number of ether oxygens (including phenoxy) is 2. The van der Waals surface area contributed by atoms with Gasteiger partial charge in [0.1, 0.15) is 6.61 Å². The largest absolute Gasteiger partial charge is 0.476 e. The van der Waals surface area contributed by atoms with Gasteiger partial charge in [0, 0.05) is 6.07 Å². The summed E-state index contributed by atoms with van der Waals surface area (Å²) in [5.74, 6) is 0.0546. The Labute approximate surface area is 242 Å². The molecule has 0 bridgehead atoms. The van der Waals surface area contributed by atoms with Crippen LogP contribution in [-0.2, 0) is 45.5 Å². The minimum absolute atomic E-state index is 0.0503. The third kappa shape index (κ3) is 6.19. The van der Waals surface area contributed by atoms with Gasteiger partial charge in [-0.2, -0.15) is 13.5 Å². The Bertz CT molecular complexity index is 1530. The number of benzene rings is 2. The van der Waals surface area contributed by atoms with Gasteiger partial charge in [0.05, 0.1) is 32.2 Å². The summed E-state index contributed by atoms with van der Waals surface area (Å²) < 4.78 is 41.5. The molecule has 0 unspecified atom stereocenters. The van der Waals surface area contributed by atoms with Gasteiger partial charge in [-0.3, -0.25) is 4.79 Å². The van der Waals surface area contributed by atoms with E-state index in [0.29, 0.717) is 25.6 Å². The normalized spacial score (nSPS) is 17.0. The van der Waals surface area contributed by atoms with E-state index in [2.05, 4.69) is 67.8 Å². The van der Waals surface area contributed by atoms with E-state index >= 15 is 0 Å². The minimum Gasteiger partial charge on any atom is -0.476 e. The van der Waals surface area contributed by atoms with Crippen LogP contribution >= 0.6 is 0 Å². The van der Waals surface area contributed by atoms with Gasteiger partial charge in [0.15, 0.2) is 0 Å². The van der Waals surface area contributed by atoms with E-state index in [4.69, 9.17) is 9.47 Å². The molecule has 3 heterocycles. The second kappa shape index (κ2) is 11.6. The first-order valence-electron chi connectivity index (χ1n) is 14.2. The number of hydrogen-bond donors (Lipinski definition) is 1. The van der Waals surface area contributed by atoms with Crippen molar-refractivity contribution < 1.29 is 22.7 Å². The van der Waals surface area contributed by atoms with Crippen LogP contribution in [0.15, 0.2) is 41.4 Å². The van der Waals surface area contributed by atoms with Gasteiger partial charge in [-0.25, -0.2) is 9.40 Å². The van der Waals surface area contributed by atoms with Crippen LogP contribution in [0.1, 0.15) is 67.3 Å². The molecule has 1 atom stereocenters. The Hall–Kier alpha value is -3.21. The molecule has 10 heteroatoms. The van der Waals surface area contributed by atoms with Crippen molar-refractivity contribution in [2.45, 2.75) is 76.6 Å². The van der Waals surface area contributed by atoms with Crippen LogP contribution in [0.25, 0.3) is 11.1 Å². The summed E-state index contributed by atoms with van der Waals surface area (Å²) in [7, 11) is -0.302. The number of fused-ring (bicyclic) bond motifs is 2. The Balaban J connectivity index is 1.41. The highest BCUT2D eigenvalue weighted by molar-refractivity contribution is 7.90. The van der Waals surface area contributed by atoms with Crippen LogP contribution in [0.3, 0.4) is 0 Å². The number of sulfonamides is 1. The lowest BCUT2D eigenvalue weighted by Crippen LogP contribution is -2.41. The van der Waals surface area contributed by atoms with Crippen molar-refractivity contribution in [2.75, 3.05) is 27.3 Å². The molecule has 0 spiro atoms. The highest BCUT2D eigenvalue weighted by atomic mass is 32.2. The summed E-state index contributed by atoms with van der Waals surface area (Å²) in [6.45, 7) is 10.7. The Kier molecular flexibility index (Phi) is 8.27. The van der Waals surface area contributed by atoms with Crippen LogP contribution in [0.2, 0.25) is 0 Å². The van der Waals surface area contributed by atoms with Gasteiger partial charge < -0.3 is 14.4 Å². The number of amides is 1. The van der Waals surface area contributed by atoms with E-state index in [1.54, 1.807) is 0 Å². The molecule has 9 nitrogen and oxygen atoms in total. The molecule has 2 aliphatic heterocycles. The lowest BCUT2D eigenvalue weighted by atomic mass is 9.83. The number of aromatic nitrogens is 2. The van der Waals surface area contributed by atoms with Crippen LogP contribution in [0, 0.1) is 0 Å². The molecule has 0 aliphatic carbocycles. The van der Waals surface area contributed by atoms with E-state index in [-0.39, 0.29) is 29.3 Å². The summed E-state index contributed by atoms with van der Waals surface area (Å²) in [6.07, 6.45) is 0.873. The van der Waals surface area contributed by atoms with Crippen molar-refractivity contribution in [1.82, 2.24) is 19.4 Å². The molecule has 2 aromatic carbocycles. The lowest BCUT2D eigenvalue weighted by molar-refractivity contribution is -0.118.